The molecule has 66 valence electrons. The number of halogens is 1. The molecule has 0 bridgehead atoms. The van der Waals surface area contributed by atoms with Gasteiger partial charge in [0.05, 0.1) is 0 Å². The van der Waals surface area contributed by atoms with Crippen molar-refractivity contribution in [3.8, 4) is 0 Å². The molecule has 0 aliphatic heterocycles. The van der Waals surface area contributed by atoms with Gasteiger partial charge in [0.1, 0.15) is 5.82 Å². The van der Waals surface area contributed by atoms with Crippen LogP contribution >= 0.6 is 0 Å². The van der Waals surface area contributed by atoms with Gasteiger partial charge in [0, 0.05) is 0 Å². The van der Waals surface area contributed by atoms with Gasteiger partial charge in [0.25, 0.3) is 0 Å². The first-order valence-electron chi connectivity index (χ1n) is 4.39. The molecule has 0 N–H and O–H groups in total. The number of allylic oxidation sites excluding steroid dienone is 4. The average molecular weight is 174 g/mol. The van der Waals surface area contributed by atoms with E-state index < -0.39 is 0 Å². The average Bonchev–Trinajstić information content (AvgIpc) is 2.53. The third-order valence-electron chi connectivity index (χ3n) is 2.22. The second kappa shape index (κ2) is 3.17. The van der Waals surface area contributed by atoms with E-state index >= 15 is 0 Å². The van der Waals surface area contributed by atoms with Gasteiger partial charge >= 0.3 is 0 Å². The molecule has 0 heterocycles. The smallest absolute Gasteiger partial charge is 0.123 e. The zero-order valence-corrected chi connectivity index (χ0v) is 7.55. The molecule has 0 nitrogen and oxygen atoms in total. The summed E-state index contributed by atoms with van der Waals surface area (Å²) in [5.74, 6) is -0.178. The van der Waals surface area contributed by atoms with Crippen LogP contribution in [0.3, 0.4) is 0 Å². The third kappa shape index (κ3) is 1.69. The molecule has 13 heavy (non-hydrogen) atoms. The Hall–Kier alpha value is -1.37. The van der Waals surface area contributed by atoms with Crippen LogP contribution in [0.2, 0.25) is 0 Å². The van der Waals surface area contributed by atoms with Crippen LogP contribution in [-0.2, 0) is 0 Å². The van der Waals surface area contributed by atoms with Gasteiger partial charge in [-0.3, -0.25) is 0 Å². The van der Waals surface area contributed by atoms with Crippen molar-refractivity contribution in [3.63, 3.8) is 0 Å². The van der Waals surface area contributed by atoms with Crippen molar-refractivity contribution in [3.05, 3.63) is 53.4 Å². The van der Waals surface area contributed by atoms with Gasteiger partial charge in [-0.25, -0.2) is 4.39 Å². The Bertz CT molecular complexity index is 369. The topological polar surface area (TPSA) is 0 Å². The molecule has 0 saturated heterocycles. The van der Waals surface area contributed by atoms with Crippen LogP contribution < -0.4 is 0 Å². The highest BCUT2D eigenvalue weighted by molar-refractivity contribution is 5.77. The molecular weight excluding hydrogens is 163 g/mol. The van der Waals surface area contributed by atoms with E-state index in [2.05, 4.69) is 19.1 Å². The quantitative estimate of drug-likeness (QED) is 0.610. The van der Waals surface area contributed by atoms with Crippen molar-refractivity contribution in [2.45, 2.75) is 13.3 Å². The van der Waals surface area contributed by atoms with Crippen molar-refractivity contribution in [2.75, 3.05) is 0 Å². The minimum Gasteiger partial charge on any atom is -0.207 e. The minimum atomic E-state index is -0.178. The SMILES string of the molecule is CC1=CC(c2ccc(F)cc2)=CC1. The molecule has 0 spiro atoms. The fourth-order valence-electron chi connectivity index (χ4n) is 1.50. The largest absolute Gasteiger partial charge is 0.207 e. The summed E-state index contributed by atoms with van der Waals surface area (Å²) < 4.78 is 12.6. The first-order valence-corrected chi connectivity index (χ1v) is 4.39. The Morgan fingerprint density at radius 2 is 1.85 bits per heavy atom. The lowest BCUT2D eigenvalue weighted by molar-refractivity contribution is 0.627. The summed E-state index contributed by atoms with van der Waals surface area (Å²) in [6.45, 7) is 2.10. The van der Waals surface area contributed by atoms with Crippen LogP contribution in [0.15, 0.2) is 42.0 Å². The maximum absolute atomic E-state index is 12.6. The summed E-state index contributed by atoms with van der Waals surface area (Å²) in [5.41, 5.74) is 3.66. The van der Waals surface area contributed by atoms with E-state index in [1.54, 1.807) is 0 Å². The summed E-state index contributed by atoms with van der Waals surface area (Å²) in [5, 5.41) is 0. The van der Waals surface area contributed by atoms with E-state index in [1.165, 1.54) is 23.3 Å². The van der Waals surface area contributed by atoms with Crippen LogP contribution in [-0.4, -0.2) is 0 Å². The zero-order valence-electron chi connectivity index (χ0n) is 7.55. The zero-order chi connectivity index (χ0) is 9.26. The molecule has 0 amide bonds. The summed E-state index contributed by atoms with van der Waals surface area (Å²) in [6, 6.07) is 6.63. The molecule has 1 aromatic rings. The molecular formula is C12H11F. The van der Waals surface area contributed by atoms with Gasteiger partial charge in [-0.05, 0) is 36.6 Å². The lowest BCUT2D eigenvalue weighted by Crippen LogP contribution is -1.79. The Morgan fingerprint density at radius 3 is 2.38 bits per heavy atom. The number of benzene rings is 1. The number of rotatable bonds is 1. The highest BCUT2D eigenvalue weighted by atomic mass is 19.1. The number of hydrogen-bond acceptors (Lipinski definition) is 0. The predicted octanol–water partition coefficient (Wildman–Crippen LogP) is 3.56. The highest BCUT2D eigenvalue weighted by Gasteiger charge is 2.04. The fraction of sp³-hybridized carbons (Fsp3) is 0.167. The minimum absolute atomic E-state index is 0.178. The van der Waals surface area contributed by atoms with Gasteiger partial charge in [-0.2, -0.15) is 0 Å². The van der Waals surface area contributed by atoms with E-state index in [9.17, 15) is 4.39 Å². The van der Waals surface area contributed by atoms with Gasteiger partial charge in [0.2, 0.25) is 0 Å². The normalized spacial score (nSPS) is 15.5. The Balaban J connectivity index is 2.32. The van der Waals surface area contributed by atoms with E-state index in [0.717, 1.165) is 12.0 Å². The van der Waals surface area contributed by atoms with Crippen molar-refractivity contribution in [1.82, 2.24) is 0 Å². The first kappa shape index (κ1) is 8.24. The maximum atomic E-state index is 12.6. The molecule has 0 fully saturated rings. The van der Waals surface area contributed by atoms with Crippen molar-refractivity contribution < 1.29 is 4.39 Å². The summed E-state index contributed by atoms with van der Waals surface area (Å²) in [4.78, 5) is 0. The lowest BCUT2D eigenvalue weighted by atomic mass is 10.1. The Morgan fingerprint density at radius 1 is 1.15 bits per heavy atom. The Kier molecular flexibility index (Phi) is 2.01. The molecule has 0 unspecified atom stereocenters. The van der Waals surface area contributed by atoms with Gasteiger partial charge in [-0.1, -0.05) is 29.9 Å². The van der Waals surface area contributed by atoms with Crippen LogP contribution in [0, 0.1) is 5.82 Å². The molecule has 1 heteroatoms. The monoisotopic (exact) mass is 174 g/mol. The van der Waals surface area contributed by atoms with E-state index in [0.29, 0.717) is 0 Å². The molecule has 2 rings (SSSR count). The fourth-order valence-corrected chi connectivity index (χ4v) is 1.50. The van der Waals surface area contributed by atoms with Crippen LogP contribution in [0.25, 0.3) is 5.57 Å². The van der Waals surface area contributed by atoms with Crippen molar-refractivity contribution in [1.29, 1.82) is 0 Å². The summed E-state index contributed by atoms with van der Waals surface area (Å²) in [7, 11) is 0. The third-order valence-corrected chi connectivity index (χ3v) is 2.22. The Labute approximate surface area is 77.4 Å². The lowest BCUT2D eigenvalue weighted by Gasteiger charge is -1.98. The van der Waals surface area contributed by atoms with Gasteiger partial charge in [-0.15, -0.1) is 0 Å². The van der Waals surface area contributed by atoms with Crippen molar-refractivity contribution >= 4 is 5.57 Å². The summed E-state index contributed by atoms with van der Waals surface area (Å²) in [6.07, 6.45) is 5.34. The molecule has 1 aromatic carbocycles. The molecule has 0 saturated carbocycles. The van der Waals surface area contributed by atoms with Crippen LogP contribution in [0.5, 0.6) is 0 Å². The van der Waals surface area contributed by atoms with E-state index in [4.69, 9.17) is 0 Å². The van der Waals surface area contributed by atoms with E-state index in [-0.39, 0.29) is 5.82 Å². The first-order chi connectivity index (χ1) is 6.25. The van der Waals surface area contributed by atoms with E-state index in [1.807, 2.05) is 12.1 Å². The van der Waals surface area contributed by atoms with Crippen LogP contribution in [0.1, 0.15) is 18.9 Å². The van der Waals surface area contributed by atoms with Crippen LogP contribution in [0.4, 0.5) is 4.39 Å². The molecule has 1 aliphatic carbocycles. The van der Waals surface area contributed by atoms with Gasteiger partial charge in [0.15, 0.2) is 0 Å². The maximum Gasteiger partial charge on any atom is 0.123 e. The summed E-state index contributed by atoms with van der Waals surface area (Å²) >= 11 is 0. The molecule has 0 aromatic heterocycles. The second-order valence-electron chi connectivity index (χ2n) is 3.36. The molecule has 0 radical (unpaired) electrons. The molecule has 0 atom stereocenters. The van der Waals surface area contributed by atoms with Gasteiger partial charge < -0.3 is 0 Å². The van der Waals surface area contributed by atoms with Crippen molar-refractivity contribution in [2.24, 2.45) is 0 Å². The highest BCUT2D eigenvalue weighted by Crippen LogP contribution is 2.25. The standard InChI is InChI=1S/C12H11F/c1-9-2-3-11(8-9)10-4-6-12(13)7-5-10/h3-8H,2H2,1H3. The predicted molar refractivity (Wildman–Crippen MR) is 52.8 cm³/mol. The number of hydrogen-bond donors (Lipinski definition) is 0. The molecule has 1 aliphatic rings. The second-order valence-corrected chi connectivity index (χ2v) is 3.36.